The smallest absolute Gasteiger partial charge is 0.263 e. The van der Waals surface area contributed by atoms with E-state index in [2.05, 4.69) is 10.3 Å². The summed E-state index contributed by atoms with van der Waals surface area (Å²) in [5, 5.41) is 7.85. The van der Waals surface area contributed by atoms with E-state index in [1.165, 1.54) is 22.7 Å². The van der Waals surface area contributed by atoms with Crippen LogP contribution in [-0.2, 0) is 4.79 Å². The van der Waals surface area contributed by atoms with Gasteiger partial charge in [0.2, 0.25) is 5.91 Å². The standard InChI is InChI=1S/C21H21N3O2S2/c25-19(16-8-4-11-24(14-16)21(26)17-9-5-12-27-17)23-18(20-22-10-13-28-20)15-6-2-1-3-7-15/h1-3,5-7,9-10,12-13,16,18H,4,8,11,14H2,(H,23,25). The molecule has 4 rings (SSSR count). The van der Waals surface area contributed by atoms with Crippen molar-refractivity contribution in [1.29, 1.82) is 0 Å². The first-order chi connectivity index (χ1) is 13.7. The minimum absolute atomic E-state index is 0.0204. The first-order valence-electron chi connectivity index (χ1n) is 9.30. The minimum Gasteiger partial charge on any atom is -0.342 e. The van der Waals surface area contributed by atoms with Gasteiger partial charge in [-0.15, -0.1) is 22.7 Å². The van der Waals surface area contributed by atoms with Gasteiger partial charge in [0.1, 0.15) is 11.0 Å². The minimum atomic E-state index is -0.267. The molecule has 144 valence electrons. The van der Waals surface area contributed by atoms with Crippen LogP contribution in [0.25, 0.3) is 0 Å². The molecule has 3 heterocycles. The molecular weight excluding hydrogens is 390 g/mol. The Morgan fingerprint density at radius 3 is 2.68 bits per heavy atom. The topological polar surface area (TPSA) is 62.3 Å². The van der Waals surface area contributed by atoms with Crippen molar-refractivity contribution in [2.75, 3.05) is 13.1 Å². The zero-order valence-corrected chi connectivity index (χ0v) is 16.9. The Bertz CT molecular complexity index is 911. The van der Waals surface area contributed by atoms with Crippen molar-refractivity contribution in [1.82, 2.24) is 15.2 Å². The molecule has 1 saturated heterocycles. The molecule has 3 aromatic rings. The maximum absolute atomic E-state index is 13.1. The van der Waals surface area contributed by atoms with Crippen LogP contribution in [0.15, 0.2) is 59.4 Å². The Morgan fingerprint density at radius 2 is 1.96 bits per heavy atom. The summed E-state index contributed by atoms with van der Waals surface area (Å²) < 4.78 is 0. The number of nitrogens with one attached hydrogen (secondary N) is 1. The highest BCUT2D eigenvalue weighted by atomic mass is 32.1. The highest BCUT2D eigenvalue weighted by molar-refractivity contribution is 7.12. The van der Waals surface area contributed by atoms with Crippen LogP contribution >= 0.6 is 22.7 Å². The molecule has 0 radical (unpaired) electrons. The lowest BCUT2D eigenvalue weighted by atomic mass is 9.96. The summed E-state index contributed by atoms with van der Waals surface area (Å²) >= 11 is 2.97. The van der Waals surface area contributed by atoms with Gasteiger partial charge in [0.05, 0.1) is 10.8 Å². The van der Waals surface area contributed by atoms with E-state index in [0.29, 0.717) is 13.1 Å². The molecular formula is C21H21N3O2S2. The summed E-state index contributed by atoms with van der Waals surface area (Å²) in [6, 6.07) is 13.3. The van der Waals surface area contributed by atoms with Gasteiger partial charge in [0.15, 0.2) is 0 Å². The zero-order chi connectivity index (χ0) is 19.3. The van der Waals surface area contributed by atoms with Crippen molar-refractivity contribution in [2.24, 2.45) is 5.92 Å². The maximum Gasteiger partial charge on any atom is 0.263 e. The van der Waals surface area contributed by atoms with Gasteiger partial charge >= 0.3 is 0 Å². The molecule has 2 atom stereocenters. The third kappa shape index (κ3) is 4.15. The second-order valence-corrected chi connectivity index (χ2v) is 8.66. The number of hydrogen-bond acceptors (Lipinski definition) is 5. The highest BCUT2D eigenvalue weighted by Crippen LogP contribution is 2.26. The fourth-order valence-corrected chi connectivity index (χ4v) is 4.91. The zero-order valence-electron chi connectivity index (χ0n) is 15.3. The van der Waals surface area contributed by atoms with E-state index in [-0.39, 0.29) is 23.8 Å². The third-order valence-electron chi connectivity index (χ3n) is 4.93. The third-order valence-corrected chi connectivity index (χ3v) is 6.63. The second kappa shape index (κ2) is 8.67. The predicted molar refractivity (Wildman–Crippen MR) is 111 cm³/mol. The molecule has 1 aromatic carbocycles. The van der Waals surface area contributed by atoms with Gasteiger partial charge in [-0.2, -0.15) is 0 Å². The summed E-state index contributed by atoms with van der Waals surface area (Å²) in [5.41, 5.74) is 1.01. The van der Waals surface area contributed by atoms with Gasteiger partial charge < -0.3 is 10.2 Å². The van der Waals surface area contributed by atoms with Gasteiger partial charge in [-0.25, -0.2) is 4.98 Å². The van der Waals surface area contributed by atoms with Crippen molar-refractivity contribution >= 4 is 34.5 Å². The maximum atomic E-state index is 13.1. The molecule has 7 heteroatoms. The Kier molecular flexibility index (Phi) is 5.83. The molecule has 0 spiro atoms. The Morgan fingerprint density at radius 1 is 1.11 bits per heavy atom. The number of benzene rings is 1. The molecule has 0 bridgehead atoms. The van der Waals surface area contributed by atoms with Crippen molar-refractivity contribution in [3.8, 4) is 0 Å². The van der Waals surface area contributed by atoms with Crippen LogP contribution in [0.4, 0.5) is 0 Å². The van der Waals surface area contributed by atoms with Crippen LogP contribution in [0.2, 0.25) is 0 Å². The van der Waals surface area contributed by atoms with Crippen molar-refractivity contribution in [3.05, 3.63) is 74.9 Å². The molecule has 1 aliphatic rings. The number of carbonyl (C=O) groups excluding carboxylic acids is 2. The first kappa shape index (κ1) is 18.8. The second-order valence-electron chi connectivity index (χ2n) is 6.79. The van der Waals surface area contributed by atoms with E-state index in [1.54, 1.807) is 11.1 Å². The SMILES string of the molecule is O=C(NC(c1ccccc1)c1nccs1)C1CCCN(C(=O)c2cccs2)C1. The summed E-state index contributed by atoms with van der Waals surface area (Å²) in [5.74, 6) is -0.205. The van der Waals surface area contributed by atoms with E-state index in [4.69, 9.17) is 0 Å². The molecule has 0 aliphatic carbocycles. The molecule has 1 aliphatic heterocycles. The number of carbonyl (C=O) groups is 2. The molecule has 2 unspecified atom stereocenters. The number of thiazole rings is 1. The number of thiophene rings is 1. The average Bonchev–Trinajstić information content (AvgIpc) is 3.46. The number of likely N-dealkylation sites (tertiary alicyclic amines) is 1. The normalized spacial score (nSPS) is 17.9. The summed E-state index contributed by atoms with van der Waals surface area (Å²) in [6.07, 6.45) is 3.38. The quantitative estimate of drug-likeness (QED) is 0.691. The molecule has 1 fully saturated rings. The molecule has 28 heavy (non-hydrogen) atoms. The van der Waals surface area contributed by atoms with Crippen LogP contribution in [-0.4, -0.2) is 34.8 Å². The van der Waals surface area contributed by atoms with Gasteiger partial charge in [-0.1, -0.05) is 36.4 Å². The summed E-state index contributed by atoms with van der Waals surface area (Å²) in [4.78, 5) is 32.7. The van der Waals surface area contributed by atoms with Crippen molar-refractivity contribution in [2.45, 2.75) is 18.9 Å². The van der Waals surface area contributed by atoms with Crippen molar-refractivity contribution in [3.63, 3.8) is 0 Å². The number of nitrogens with zero attached hydrogens (tertiary/aromatic N) is 2. The largest absolute Gasteiger partial charge is 0.342 e. The monoisotopic (exact) mass is 411 g/mol. The number of rotatable bonds is 5. The first-order valence-corrected chi connectivity index (χ1v) is 11.1. The van der Waals surface area contributed by atoms with E-state index >= 15 is 0 Å². The summed E-state index contributed by atoms with van der Waals surface area (Å²) in [6.45, 7) is 1.16. The van der Waals surface area contributed by atoms with E-state index < -0.39 is 0 Å². The van der Waals surface area contributed by atoms with E-state index in [9.17, 15) is 9.59 Å². The van der Waals surface area contributed by atoms with Gasteiger partial charge in [0.25, 0.3) is 5.91 Å². The highest BCUT2D eigenvalue weighted by Gasteiger charge is 2.31. The number of amides is 2. The van der Waals surface area contributed by atoms with Crippen LogP contribution in [0.5, 0.6) is 0 Å². The Balaban J connectivity index is 1.47. The number of hydrogen-bond donors (Lipinski definition) is 1. The van der Waals surface area contributed by atoms with Crippen LogP contribution in [0.1, 0.15) is 39.1 Å². The van der Waals surface area contributed by atoms with Gasteiger partial charge in [-0.3, -0.25) is 9.59 Å². The van der Waals surface area contributed by atoms with E-state index in [0.717, 1.165) is 28.3 Å². The number of aromatic nitrogens is 1. The fraction of sp³-hybridized carbons (Fsp3) is 0.286. The molecule has 2 aromatic heterocycles. The van der Waals surface area contributed by atoms with Crippen LogP contribution in [0, 0.1) is 5.92 Å². The van der Waals surface area contributed by atoms with Gasteiger partial charge in [0, 0.05) is 24.7 Å². The van der Waals surface area contributed by atoms with Gasteiger partial charge in [-0.05, 0) is 29.9 Å². The van der Waals surface area contributed by atoms with E-state index in [1.807, 2.05) is 53.2 Å². The molecule has 2 amide bonds. The molecule has 1 N–H and O–H groups in total. The molecule has 5 nitrogen and oxygen atoms in total. The predicted octanol–water partition coefficient (Wildman–Crippen LogP) is 3.96. The van der Waals surface area contributed by atoms with Crippen LogP contribution < -0.4 is 5.32 Å². The Hall–Kier alpha value is -2.51. The van der Waals surface area contributed by atoms with Crippen LogP contribution in [0.3, 0.4) is 0 Å². The number of piperidine rings is 1. The lowest BCUT2D eigenvalue weighted by Crippen LogP contribution is -2.46. The lowest BCUT2D eigenvalue weighted by Gasteiger charge is -2.32. The Labute approximate surface area is 172 Å². The van der Waals surface area contributed by atoms with Crippen molar-refractivity contribution < 1.29 is 9.59 Å². The lowest BCUT2D eigenvalue weighted by molar-refractivity contribution is -0.126. The summed E-state index contributed by atoms with van der Waals surface area (Å²) in [7, 11) is 0. The average molecular weight is 412 g/mol. The fourth-order valence-electron chi connectivity index (χ4n) is 3.50. The molecule has 0 saturated carbocycles.